The van der Waals surface area contributed by atoms with E-state index in [2.05, 4.69) is 15.0 Å². The summed E-state index contributed by atoms with van der Waals surface area (Å²) in [6.45, 7) is 3.25. The lowest BCUT2D eigenvalue weighted by atomic mass is 9.86. The smallest absolute Gasteiger partial charge is 0.355 e. The largest absolute Gasteiger partial charge is 0.403 e. The van der Waals surface area contributed by atoms with Crippen molar-refractivity contribution in [3.05, 3.63) is 0 Å². The first-order valence-corrected chi connectivity index (χ1v) is 11.0. The molecule has 1 aliphatic carbocycles. The molecule has 1 saturated heterocycles. The van der Waals surface area contributed by atoms with Gasteiger partial charge in [0, 0.05) is 46.3 Å². The second-order valence-corrected chi connectivity index (χ2v) is 9.11. The topological polar surface area (TPSA) is 77.0 Å². The Balaban J connectivity index is 0.00000392. The Morgan fingerprint density at radius 2 is 1.82 bits per heavy atom. The highest BCUT2D eigenvalue weighted by Crippen LogP contribution is 2.26. The zero-order valence-electron chi connectivity index (χ0n) is 16.3. The van der Waals surface area contributed by atoms with E-state index in [1.165, 1.54) is 18.2 Å². The maximum atomic E-state index is 12.8. The summed E-state index contributed by atoms with van der Waals surface area (Å²) in [5.41, 5.74) is 0. The van der Waals surface area contributed by atoms with Crippen LogP contribution in [0.4, 0.5) is 13.2 Å². The minimum Gasteiger partial charge on any atom is -0.355 e. The summed E-state index contributed by atoms with van der Waals surface area (Å²) in [4.78, 5) is 7.38. The Morgan fingerprint density at radius 3 is 2.29 bits per heavy atom. The van der Waals surface area contributed by atoms with Gasteiger partial charge in [-0.2, -0.15) is 13.2 Å². The molecule has 0 aromatic carbocycles. The van der Waals surface area contributed by atoms with E-state index in [-0.39, 0.29) is 49.4 Å². The first kappa shape index (κ1) is 25.7. The van der Waals surface area contributed by atoms with Crippen LogP contribution in [0.2, 0.25) is 0 Å². The molecule has 28 heavy (non-hydrogen) atoms. The fraction of sp³-hybridized carbons (Fsp3) is 0.938. The van der Waals surface area contributed by atoms with E-state index in [1.807, 2.05) is 4.90 Å². The van der Waals surface area contributed by atoms with Crippen molar-refractivity contribution in [2.45, 2.75) is 38.4 Å². The lowest BCUT2D eigenvalue weighted by Crippen LogP contribution is -2.57. The molecule has 1 heterocycles. The minimum atomic E-state index is -4.23. The van der Waals surface area contributed by atoms with Gasteiger partial charge in [0.05, 0.1) is 5.75 Å². The Morgan fingerprint density at radius 1 is 1.21 bits per heavy atom. The molecule has 12 heteroatoms. The normalized spacial score (nSPS) is 21.0. The quantitative estimate of drug-likeness (QED) is 0.290. The van der Waals surface area contributed by atoms with Gasteiger partial charge >= 0.3 is 6.18 Å². The molecular weight excluding hydrogens is 510 g/mol. The van der Waals surface area contributed by atoms with Crippen LogP contribution in [-0.4, -0.2) is 88.5 Å². The molecule has 1 atom stereocenters. The van der Waals surface area contributed by atoms with E-state index < -0.39 is 22.2 Å². The summed E-state index contributed by atoms with van der Waals surface area (Å²) in [5, 5.41) is 3.00. The first-order valence-electron chi connectivity index (χ1n) is 9.36. The monoisotopic (exact) mass is 541 g/mol. The Kier molecular flexibility index (Phi) is 10.2. The molecule has 1 unspecified atom stereocenters. The molecular formula is C16H31F3IN5O2S. The number of sulfonamides is 1. The van der Waals surface area contributed by atoms with Gasteiger partial charge in [-0.05, 0) is 25.7 Å². The van der Waals surface area contributed by atoms with Crippen molar-refractivity contribution in [2.24, 2.45) is 10.9 Å². The zero-order chi connectivity index (χ0) is 20.1. The number of rotatable bonds is 7. The highest BCUT2D eigenvalue weighted by molar-refractivity contribution is 14.0. The SMILES string of the molecule is CN=C(NCCS(=O)(=O)NCC1CCC1)N1CCN(C(C)C(F)(F)F)CC1.I. The van der Waals surface area contributed by atoms with Crippen molar-refractivity contribution in [1.82, 2.24) is 19.8 Å². The summed E-state index contributed by atoms with van der Waals surface area (Å²) in [5.74, 6) is 0.906. The highest BCUT2D eigenvalue weighted by Gasteiger charge is 2.41. The minimum absolute atomic E-state index is 0. The van der Waals surface area contributed by atoms with Gasteiger partial charge in [-0.25, -0.2) is 13.1 Å². The molecule has 7 nitrogen and oxygen atoms in total. The van der Waals surface area contributed by atoms with Gasteiger partial charge in [0.25, 0.3) is 0 Å². The van der Waals surface area contributed by atoms with Crippen molar-refractivity contribution in [2.75, 3.05) is 52.1 Å². The standard InChI is InChI=1S/C16H30F3N5O2S.HI/c1-13(16(17,18)19)23-7-9-24(10-8-23)15(20-2)21-6-11-27(25,26)22-12-14-4-3-5-14;/h13-14,22H,3-12H2,1-2H3,(H,20,21);1H. The van der Waals surface area contributed by atoms with Gasteiger partial charge in [-0.3, -0.25) is 9.89 Å². The Bertz CT molecular complexity index is 606. The molecule has 1 aliphatic heterocycles. The van der Waals surface area contributed by atoms with Crippen LogP contribution in [0.1, 0.15) is 26.2 Å². The third-order valence-corrected chi connectivity index (χ3v) is 6.67. The molecule has 1 saturated carbocycles. The molecule has 2 N–H and O–H groups in total. The van der Waals surface area contributed by atoms with E-state index in [4.69, 9.17) is 0 Å². The number of hydrogen-bond donors (Lipinski definition) is 2. The highest BCUT2D eigenvalue weighted by atomic mass is 127. The maximum Gasteiger partial charge on any atom is 0.403 e. The molecule has 0 aromatic heterocycles. The third kappa shape index (κ3) is 7.82. The molecule has 2 aliphatic rings. The van der Waals surface area contributed by atoms with Crippen LogP contribution in [0.25, 0.3) is 0 Å². The van der Waals surface area contributed by atoms with E-state index in [0.29, 0.717) is 31.5 Å². The van der Waals surface area contributed by atoms with Gasteiger partial charge in [-0.1, -0.05) is 6.42 Å². The van der Waals surface area contributed by atoms with Crippen molar-refractivity contribution in [3.63, 3.8) is 0 Å². The maximum absolute atomic E-state index is 12.8. The lowest BCUT2D eigenvalue weighted by molar-refractivity contribution is -0.181. The summed E-state index contributed by atoms with van der Waals surface area (Å²) in [6, 6.07) is -1.47. The molecule has 0 radical (unpaired) electrons. The van der Waals surface area contributed by atoms with Crippen LogP contribution in [0.5, 0.6) is 0 Å². The first-order chi connectivity index (χ1) is 12.6. The zero-order valence-corrected chi connectivity index (χ0v) is 19.5. The molecule has 0 bridgehead atoms. The molecule has 166 valence electrons. The number of alkyl halides is 3. The Hall–Kier alpha value is -0.340. The molecule has 0 amide bonds. The number of nitrogens with one attached hydrogen (secondary N) is 2. The fourth-order valence-electron chi connectivity index (χ4n) is 3.17. The predicted molar refractivity (Wildman–Crippen MR) is 115 cm³/mol. The molecule has 0 aromatic rings. The number of hydrogen-bond acceptors (Lipinski definition) is 4. The average molecular weight is 541 g/mol. The average Bonchev–Trinajstić information content (AvgIpc) is 2.56. The van der Waals surface area contributed by atoms with Crippen LogP contribution in [0, 0.1) is 5.92 Å². The van der Waals surface area contributed by atoms with Crippen LogP contribution < -0.4 is 10.0 Å². The van der Waals surface area contributed by atoms with Gasteiger partial charge in [0.15, 0.2) is 5.96 Å². The number of nitrogens with zero attached hydrogens (tertiary/aromatic N) is 3. The second kappa shape index (κ2) is 11.2. The number of guanidine groups is 1. The molecule has 2 fully saturated rings. The fourth-order valence-corrected chi connectivity index (χ4v) is 4.18. The summed E-state index contributed by atoms with van der Waals surface area (Å²) in [7, 11) is -1.76. The summed E-state index contributed by atoms with van der Waals surface area (Å²) < 4.78 is 65.1. The van der Waals surface area contributed by atoms with Gasteiger partial charge in [0.2, 0.25) is 10.0 Å². The van der Waals surface area contributed by atoms with Crippen LogP contribution in [0.15, 0.2) is 4.99 Å². The van der Waals surface area contributed by atoms with Gasteiger partial charge in [-0.15, -0.1) is 24.0 Å². The summed E-state index contributed by atoms with van der Waals surface area (Å²) in [6.07, 6.45) is -0.916. The van der Waals surface area contributed by atoms with Crippen LogP contribution in [0.3, 0.4) is 0 Å². The summed E-state index contributed by atoms with van der Waals surface area (Å²) >= 11 is 0. The van der Waals surface area contributed by atoms with Crippen molar-refractivity contribution < 1.29 is 21.6 Å². The van der Waals surface area contributed by atoms with Crippen molar-refractivity contribution in [3.8, 4) is 0 Å². The number of piperazine rings is 1. The van der Waals surface area contributed by atoms with Crippen molar-refractivity contribution >= 4 is 40.0 Å². The van der Waals surface area contributed by atoms with Gasteiger partial charge in [0.1, 0.15) is 6.04 Å². The van der Waals surface area contributed by atoms with Gasteiger partial charge < -0.3 is 10.2 Å². The van der Waals surface area contributed by atoms with Crippen molar-refractivity contribution in [1.29, 1.82) is 0 Å². The van der Waals surface area contributed by atoms with E-state index in [0.717, 1.165) is 12.8 Å². The van der Waals surface area contributed by atoms with E-state index in [1.54, 1.807) is 7.05 Å². The number of halogens is 4. The lowest BCUT2D eigenvalue weighted by Gasteiger charge is -2.39. The van der Waals surface area contributed by atoms with Crippen LogP contribution >= 0.6 is 24.0 Å². The molecule has 2 rings (SSSR count). The van der Waals surface area contributed by atoms with E-state index in [9.17, 15) is 21.6 Å². The number of aliphatic imine (C=N–C) groups is 1. The van der Waals surface area contributed by atoms with E-state index >= 15 is 0 Å². The molecule has 0 spiro atoms. The van der Waals surface area contributed by atoms with Crippen LogP contribution in [-0.2, 0) is 10.0 Å². The third-order valence-electron chi connectivity index (χ3n) is 5.32. The predicted octanol–water partition coefficient (Wildman–Crippen LogP) is 1.47. The second-order valence-electron chi connectivity index (χ2n) is 7.18. The Labute approximate surface area is 182 Å².